The van der Waals surface area contributed by atoms with Gasteiger partial charge in [-0.05, 0) is 36.8 Å². The summed E-state index contributed by atoms with van der Waals surface area (Å²) in [7, 11) is 1.58. The highest BCUT2D eigenvalue weighted by molar-refractivity contribution is 7.25. The zero-order chi connectivity index (χ0) is 20.6. The number of nitrogens with one attached hydrogen (secondary N) is 1. The Morgan fingerprint density at radius 2 is 2.10 bits per heavy atom. The molecule has 0 aliphatic heterocycles. The first kappa shape index (κ1) is 19.3. The van der Waals surface area contributed by atoms with Crippen LogP contribution in [0, 0.1) is 0 Å². The molecule has 0 radical (unpaired) electrons. The average Bonchev–Trinajstić information content (AvgIpc) is 2.91. The van der Waals surface area contributed by atoms with E-state index in [1.807, 2.05) is 12.2 Å². The van der Waals surface area contributed by atoms with Gasteiger partial charge in [0.1, 0.15) is 21.8 Å². The third kappa shape index (κ3) is 3.77. The highest BCUT2D eigenvalue weighted by Gasteiger charge is 2.27. The summed E-state index contributed by atoms with van der Waals surface area (Å²) in [6.07, 6.45) is 6.69. The van der Waals surface area contributed by atoms with Crippen LogP contribution in [0.3, 0.4) is 0 Å². The summed E-state index contributed by atoms with van der Waals surface area (Å²) in [5, 5.41) is 3.52. The minimum Gasteiger partial charge on any atom is -0.497 e. The topological polar surface area (TPSA) is 56.1 Å². The second-order valence-electron chi connectivity index (χ2n) is 6.35. The van der Waals surface area contributed by atoms with Crippen LogP contribution in [-0.4, -0.2) is 29.4 Å². The van der Waals surface area contributed by atoms with E-state index in [4.69, 9.17) is 4.74 Å². The molecule has 29 heavy (non-hydrogen) atoms. The van der Waals surface area contributed by atoms with Gasteiger partial charge in [0.05, 0.1) is 7.11 Å². The Bertz CT molecular complexity index is 1240. The van der Waals surface area contributed by atoms with Crippen LogP contribution in [0.2, 0.25) is 0 Å². The molecule has 3 heterocycles. The van der Waals surface area contributed by atoms with Crippen LogP contribution in [0.25, 0.3) is 26.0 Å². The van der Waals surface area contributed by atoms with Gasteiger partial charge in [-0.3, -0.25) is 9.36 Å². The third-order valence-electron chi connectivity index (χ3n) is 4.49. The first-order chi connectivity index (χ1) is 13.9. The molecule has 0 spiro atoms. The van der Waals surface area contributed by atoms with E-state index in [0.717, 1.165) is 0 Å². The predicted octanol–water partition coefficient (Wildman–Crippen LogP) is 4.92. The molecule has 0 saturated carbocycles. The lowest BCUT2D eigenvalue weighted by Gasteiger charge is -2.10. The van der Waals surface area contributed by atoms with Crippen molar-refractivity contribution in [1.29, 1.82) is 0 Å². The first-order valence-corrected chi connectivity index (χ1v) is 9.55. The first-order valence-electron chi connectivity index (χ1n) is 8.73. The summed E-state index contributed by atoms with van der Waals surface area (Å²) in [4.78, 5) is 17.9. The van der Waals surface area contributed by atoms with Crippen molar-refractivity contribution in [3.63, 3.8) is 0 Å². The largest absolute Gasteiger partial charge is 0.497 e. The molecule has 3 aromatic rings. The summed E-state index contributed by atoms with van der Waals surface area (Å²) >= 11 is 1.17. The number of pyridine rings is 2. The summed E-state index contributed by atoms with van der Waals surface area (Å²) in [5.41, 5.74) is 0.753. The number of nitrogens with zero attached hydrogens (tertiary/aromatic N) is 2. The number of rotatable bonds is 4. The number of fused-ring (bicyclic) bond motifs is 3. The number of allylic oxidation sites excluding steroid dienone is 5. The van der Waals surface area contributed by atoms with Crippen molar-refractivity contribution < 1.29 is 17.9 Å². The quantitative estimate of drug-likeness (QED) is 0.653. The van der Waals surface area contributed by atoms with Gasteiger partial charge in [0.2, 0.25) is 0 Å². The van der Waals surface area contributed by atoms with E-state index >= 15 is 0 Å². The molecular weight excluding hydrogens is 403 g/mol. The molecule has 3 aromatic heterocycles. The fraction of sp³-hybridized carbons (Fsp3) is 0.200. The Kier molecular flexibility index (Phi) is 4.91. The molecule has 1 aliphatic rings. The number of hydrogen-bond donors (Lipinski definition) is 1. The molecule has 0 amide bonds. The van der Waals surface area contributed by atoms with Gasteiger partial charge in [0.25, 0.3) is 5.56 Å². The van der Waals surface area contributed by atoms with Gasteiger partial charge < -0.3 is 10.1 Å². The summed E-state index contributed by atoms with van der Waals surface area (Å²) < 4.78 is 45.1. The summed E-state index contributed by atoms with van der Waals surface area (Å²) in [5.74, 6) is 0.705. The molecule has 0 saturated heterocycles. The van der Waals surface area contributed by atoms with E-state index in [0.29, 0.717) is 43.9 Å². The zero-order valence-corrected chi connectivity index (χ0v) is 16.1. The number of ether oxygens (including phenoxy) is 1. The SMILES string of the molecule is COC1=CCC=C(n2ccc3c(sc4nccc(NCC(F)(F)F)c43)c2=O)C=C1. The van der Waals surface area contributed by atoms with Crippen LogP contribution in [0.15, 0.2) is 59.4 Å². The van der Waals surface area contributed by atoms with Crippen molar-refractivity contribution in [3.05, 3.63) is 64.9 Å². The molecule has 5 nitrogen and oxygen atoms in total. The summed E-state index contributed by atoms with van der Waals surface area (Å²) in [6, 6.07) is 3.22. The van der Waals surface area contributed by atoms with Crippen molar-refractivity contribution in [1.82, 2.24) is 9.55 Å². The van der Waals surface area contributed by atoms with Crippen molar-refractivity contribution >= 4 is 43.0 Å². The van der Waals surface area contributed by atoms with Crippen LogP contribution < -0.4 is 10.9 Å². The normalized spacial score (nSPS) is 14.6. The molecule has 150 valence electrons. The maximum absolute atomic E-state index is 13.1. The molecule has 4 rings (SSSR count). The van der Waals surface area contributed by atoms with Crippen LogP contribution in [-0.2, 0) is 4.74 Å². The van der Waals surface area contributed by atoms with Crippen LogP contribution in [0.5, 0.6) is 0 Å². The van der Waals surface area contributed by atoms with Crippen LogP contribution in [0.4, 0.5) is 18.9 Å². The van der Waals surface area contributed by atoms with Crippen molar-refractivity contribution in [2.45, 2.75) is 12.6 Å². The van der Waals surface area contributed by atoms with E-state index < -0.39 is 12.7 Å². The molecule has 1 aliphatic carbocycles. The van der Waals surface area contributed by atoms with E-state index in [-0.39, 0.29) is 5.56 Å². The van der Waals surface area contributed by atoms with E-state index in [9.17, 15) is 18.0 Å². The minimum absolute atomic E-state index is 0.246. The molecule has 0 atom stereocenters. The smallest absolute Gasteiger partial charge is 0.405 e. The van der Waals surface area contributed by atoms with E-state index in [1.165, 1.54) is 28.2 Å². The zero-order valence-electron chi connectivity index (χ0n) is 15.3. The Balaban J connectivity index is 1.81. The van der Waals surface area contributed by atoms with Gasteiger partial charge in [-0.1, -0.05) is 6.08 Å². The maximum atomic E-state index is 13.1. The molecule has 1 N–H and O–H groups in total. The lowest BCUT2D eigenvalue weighted by molar-refractivity contribution is -0.115. The summed E-state index contributed by atoms with van der Waals surface area (Å²) in [6.45, 7) is -1.16. The van der Waals surface area contributed by atoms with Gasteiger partial charge in [-0.15, -0.1) is 11.3 Å². The molecular formula is C20H16F3N3O2S. The van der Waals surface area contributed by atoms with E-state index in [2.05, 4.69) is 10.3 Å². The number of thiophene rings is 1. The number of alkyl halides is 3. The lowest BCUT2D eigenvalue weighted by atomic mass is 10.2. The molecule has 9 heteroatoms. The highest BCUT2D eigenvalue weighted by atomic mass is 32.1. The van der Waals surface area contributed by atoms with Crippen molar-refractivity contribution in [2.24, 2.45) is 0 Å². The third-order valence-corrected chi connectivity index (χ3v) is 5.59. The van der Waals surface area contributed by atoms with Crippen LogP contribution in [0.1, 0.15) is 6.42 Å². The fourth-order valence-corrected chi connectivity index (χ4v) is 4.26. The van der Waals surface area contributed by atoms with Crippen LogP contribution >= 0.6 is 11.3 Å². The maximum Gasteiger partial charge on any atom is 0.405 e. The van der Waals surface area contributed by atoms with Gasteiger partial charge in [0, 0.05) is 34.6 Å². The number of aromatic nitrogens is 2. The fourth-order valence-electron chi connectivity index (χ4n) is 3.17. The monoisotopic (exact) mass is 419 g/mol. The van der Waals surface area contributed by atoms with Crippen molar-refractivity contribution in [3.8, 4) is 0 Å². The standard InChI is InChI=1S/C20H16F3N3O2S/c1-28-13-4-2-3-12(5-6-13)26-10-8-14-16-15(25-11-20(21,22)23)7-9-24-18(16)29-17(14)19(26)27/h3-10H,2,11H2,1H3,(H,24,25). The molecule has 0 bridgehead atoms. The Labute approximate surface area is 167 Å². The Morgan fingerprint density at radius 1 is 1.28 bits per heavy atom. The number of hydrogen-bond acceptors (Lipinski definition) is 5. The average molecular weight is 419 g/mol. The van der Waals surface area contributed by atoms with Crippen molar-refractivity contribution in [2.75, 3.05) is 19.0 Å². The van der Waals surface area contributed by atoms with Gasteiger partial charge in [0.15, 0.2) is 0 Å². The number of halogens is 3. The highest BCUT2D eigenvalue weighted by Crippen LogP contribution is 2.36. The molecule has 0 fully saturated rings. The Hall–Kier alpha value is -3.07. The Morgan fingerprint density at radius 3 is 2.86 bits per heavy atom. The lowest BCUT2D eigenvalue weighted by Crippen LogP contribution is -2.21. The predicted molar refractivity (Wildman–Crippen MR) is 109 cm³/mol. The van der Waals surface area contributed by atoms with Gasteiger partial charge in [-0.25, -0.2) is 4.98 Å². The van der Waals surface area contributed by atoms with Gasteiger partial charge in [-0.2, -0.15) is 13.2 Å². The number of anilines is 1. The molecule has 0 unspecified atom stereocenters. The second-order valence-corrected chi connectivity index (χ2v) is 7.35. The molecule has 0 aromatic carbocycles. The second kappa shape index (κ2) is 7.40. The van der Waals surface area contributed by atoms with Gasteiger partial charge >= 0.3 is 6.18 Å². The van der Waals surface area contributed by atoms with E-state index in [1.54, 1.807) is 31.5 Å². The minimum atomic E-state index is -4.35. The number of methoxy groups -OCH3 is 1.